The predicted molar refractivity (Wildman–Crippen MR) is 143 cm³/mol. The summed E-state index contributed by atoms with van der Waals surface area (Å²) in [6, 6.07) is 20.4. The van der Waals surface area contributed by atoms with E-state index in [0.29, 0.717) is 17.3 Å². The van der Waals surface area contributed by atoms with Crippen LogP contribution in [-0.2, 0) is 22.0 Å². The summed E-state index contributed by atoms with van der Waals surface area (Å²) >= 11 is 1.53. The van der Waals surface area contributed by atoms with Crippen molar-refractivity contribution < 1.29 is 9.00 Å². The highest BCUT2D eigenvalue weighted by Gasteiger charge is 2.16. The van der Waals surface area contributed by atoms with Crippen molar-refractivity contribution >= 4 is 33.2 Å². The fraction of sp³-hybridized carbons (Fsp3) is 0.214. The van der Waals surface area contributed by atoms with E-state index in [0.717, 1.165) is 45.9 Å². The molecule has 1 aliphatic carbocycles. The van der Waals surface area contributed by atoms with Crippen LogP contribution in [0.3, 0.4) is 0 Å². The number of hydrogen-bond acceptors (Lipinski definition) is 4. The third-order valence-electron chi connectivity index (χ3n) is 5.51. The number of carbonyl (C=O) groups excluding carboxylic acids is 1. The largest absolute Gasteiger partial charge is 0.302 e. The van der Waals surface area contributed by atoms with E-state index in [1.807, 2.05) is 79.8 Å². The van der Waals surface area contributed by atoms with E-state index < -0.39 is 10.8 Å². The Labute approximate surface area is 207 Å². The average molecular weight is 489 g/mol. The summed E-state index contributed by atoms with van der Waals surface area (Å²) < 4.78 is 12.2. The molecule has 1 N–H and O–H groups in total. The number of amides is 1. The third-order valence-corrected chi connectivity index (χ3v) is 7.80. The molecule has 3 aromatic rings. The number of allylic oxidation sites excluding steroid dienone is 4. The van der Waals surface area contributed by atoms with E-state index in [1.54, 1.807) is 0 Å². The van der Waals surface area contributed by atoms with Gasteiger partial charge >= 0.3 is 0 Å². The number of nitrogens with zero attached hydrogens (tertiary/aromatic N) is 1. The molecular weight excluding hydrogens is 460 g/mol. The smallest absolute Gasteiger partial charge is 0.230 e. The van der Waals surface area contributed by atoms with Crippen LogP contribution in [0.2, 0.25) is 0 Å². The molecule has 34 heavy (non-hydrogen) atoms. The quantitative estimate of drug-likeness (QED) is 0.386. The summed E-state index contributed by atoms with van der Waals surface area (Å²) in [5, 5.41) is 3.63. The molecule has 0 fully saturated rings. The van der Waals surface area contributed by atoms with Gasteiger partial charge in [-0.2, -0.15) is 0 Å². The van der Waals surface area contributed by atoms with E-state index >= 15 is 0 Å². The highest BCUT2D eigenvalue weighted by Crippen LogP contribution is 2.33. The number of aromatic nitrogens is 1. The van der Waals surface area contributed by atoms with Crippen molar-refractivity contribution in [2.75, 3.05) is 11.1 Å². The van der Waals surface area contributed by atoms with E-state index in [4.69, 9.17) is 4.98 Å². The van der Waals surface area contributed by atoms with E-state index in [9.17, 15) is 9.00 Å². The number of nitrogens with one attached hydrogen (secondary N) is 1. The Morgan fingerprint density at radius 1 is 1.06 bits per heavy atom. The second kappa shape index (κ2) is 11.9. The Hall–Kier alpha value is -3.09. The summed E-state index contributed by atoms with van der Waals surface area (Å²) in [6.45, 7) is 1.91. The zero-order chi connectivity index (χ0) is 23.8. The lowest BCUT2D eigenvalue weighted by Crippen LogP contribution is -2.12. The first-order valence-corrected chi connectivity index (χ1v) is 13.6. The van der Waals surface area contributed by atoms with Crippen molar-refractivity contribution in [2.24, 2.45) is 0 Å². The minimum absolute atomic E-state index is 0.0815. The molecule has 0 aliphatic heterocycles. The molecule has 4 nitrogen and oxygen atoms in total. The fourth-order valence-corrected chi connectivity index (χ4v) is 5.61. The monoisotopic (exact) mass is 488 g/mol. The molecule has 1 atom stereocenters. The summed E-state index contributed by atoms with van der Waals surface area (Å²) in [5.41, 5.74) is 4.19. The van der Waals surface area contributed by atoms with Gasteiger partial charge in [-0.3, -0.25) is 9.00 Å². The zero-order valence-electron chi connectivity index (χ0n) is 19.2. The van der Waals surface area contributed by atoms with Gasteiger partial charge in [-0.1, -0.05) is 91.4 Å². The average Bonchev–Trinajstić information content (AvgIpc) is 3.23. The summed E-state index contributed by atoms with van der Waals surface area (Å²) in [4.78, 5) is 19.6. The molecule has 0 saturated carbocycles. The van der Waals surface area contributed by atoms with Gasteiger partial charge in [0, 0.05) is 33.9 Å². The van der Waals surface area contributed by atoms with Gasteiger partial charge in [-0.05, 0) is 24.5 Å². The van der Waals surface area contributed by atoms with Crippen molar-refractivity contribution in [2.45, 2.75) is 32.6 Å². The second-order valence-corrected chi connectivity index (χ2v) is 10.8. The van der Waals surface area contributed by atoms with Crippen LogP contribution in [0, 0.1) is 0 Å². The van der Waals surface area contributed by atoms with Gasteiger partial charge in [0.25, 0.3) is 0 Å². The minimum Gasteiger partial charge on any atom is -0.302 e. The van der Waals surface area contributed by atoms with Crippen LogP contribution in [-0.4, -0.2) is 20.9 Å². The number of hydrogen-bond donors (Lipinski definition) is 1. The number of rotatable bonds is 8. The van der Waals surface area contributed by atoms with Crippen LogP contribution < -0.4 is 5.32 Å². The van der Waals surface area contributed by atoms with Crippen molar-refractivity contribution in [3.8, 4) is 11.3 Å². The van der Waals surface area contributed by atoms with Crippen LogP contribution in [0.1, 0.15) is 36.6 Å². The van der Waals surface area contributed by atoms with Crippen molar-refractivity contribution in [3.63, 3.8) is 0 Å². The predicted octanol–water partition coefficient (Wildman–Crippen LogP) is 6.66. The molecule has 1 aromatic heterocycles. The van der Waals surface area contributed by atoms with Crippen LogP contribution in [0.5, 0.6) is 0 Å². The van der Waals surface area contributed by atoms with Crippen LogP contribution in [0.15, 0.2) is 95.4 Å². The lowest BCUT2D eigenvalue weighted by Gasteiger charge is -2.08. The number of carbonyl (C=O) groups is 1. The first-order chi connectivity index (χ1) is 16.6. The molecule has 174 valence electrons. The number of anilines is 1. The molecule has 0 bridgehead atoms. The lowest BCUT2D eigenvalue weighted by atomic mass is 10.0. The van der Waals surface area contributed by atoms with Crippen molar-refractivity contribution in [3.05, 3.63) is 106 Å². The summed E-state index contributed by atoms with van der Waals surface area (Å²) in [6.07, 6.45) is 10.5. The van der Waals surface area contributed by atoms with Gasteiger partial charge < -0.3 is 5.32 Å². The van der Waals surface area contributed by atoms with Crippen LogP contribution >= 0.6 is 11.3 Å². The lowest BCUT2D eigenvalue weighted by molar-refractivity contribution is -0.115. The molecule has 0 saturated heterocycles. The molecule has 1 unspecified atom stereocenters. The molecule has 1 amide bonds. The molecule has 1 heterocycles. The van der Waals surface area contributed by atoms with Crippen LogP contribution in [0.4, 0.5) is 5.13 Å². The van der Waals surface area contributed by atoms with Gasteiger partial charge in [0.05, 0.1) is 16.5 Å². The van der Waals surface area contributed by atoms with E-state index in [-0.39, 0.29) is 5.91 Å². The molecule has 6 heteroatoms. The van der Waals surface area contributed by atoms with E-state index in [2.05, 4.69) is 17.4 Å². The highest BCUT2D eigenvalue weighted by atomic mass is 32.2. The maximum Gasteiger partial charge on any atom is 0.230 e. The fourth-order valence-electron chi connectivity index (χ4n) is 3.77. The zero-order valence-corrected chi connectivity index (χ0v) is 20.8. The van der Waals surface area contributed by atoms with Gasteiger partial charge in [-0.25, -0.2) is 4.98 Å². The van der Waals surface area contributed by atoms with Crippen molar-refractivity contribution in [1.82, 2.24) is 4.98 Å². The number of benzene rings is 2. The molecule has 2 aromatic carbocycles. The van der Waals surface area contributed by atoms with E-state index in [1.165, 1.54) is 16.9 Å². The topological polar surface area (TPSA) is 59.1 Å². The molecule has 0 spiro atoms. The Morgan fingerprint density at radius 2 is 1.79 bits per heavy atom. The summed E-state index contributed by atoms with van der Waals surface area (Å²) in [7, 11) is -1.01. The Bertz CT molecular complexity index is 1240. The molecule has 1 aliphatic rings. The van der Waals surface area contributed by atoms with Gasteiger partial charge in [0.1, 0.15) is 0 Å². The molecule has 4 rings (SSSR count). The van der Waals surface area contributed by atoms with Gasteiger partial charge in [0.15, 0.2) is 5.13 Å². The first kappa shape index (κ1) is 24.0. The molecule has 0 radical (unpaired) electrons. The van der Waals surface area contributed by atoms with Crippen LogP contribution in [0.25, 0.3) is 11.3 Å². The highest BCUT2D eigenvalue weighted by molar-refractivity contribution is 7.89. The normalized spacial score (nSPS) is 18.5. The van der Waals surface area contributed by atoms with Gasteiger partial charge in [-0.15, -0.1) is 11.3 Å². The maximum atomic E-state index is 12.9. The number of thiazole rings is 1. The maximum absolute atomic E-state index is 12.9. The molecular formula is C28H28N2O2S2. The Morgan fingerprint density at radius 3 is 2.53 bits per heavy atom. The standard InChI is InChI=1S/C28H28N2O2S2/c1-2-34(32)24-16-10-9-13-22(17-18-24)20-26(31)29-28-30-27(23-14-7-4-8-15-23)25(33-28)19-21-11-5-3-6-12-21/h3-8,10-12,14-18H,2,9,13,19-20H2,1H3,(H,29,30,31)/b16-10-,22-17+,24-18+. The Kier molecular flexibility index (Phi) is 8.39. The second-order valence-electron chi connectivity index (χ2n) is 8.01. The van der Waals surface area contributed by atoms with Gasteiger partial charge in [0.2, 0.25) is 5.91 Å². The first-order valence-electron chi connectivity index (χ1n) is 11.5. The Balaban J connectivity index is 1.52. The summed E-state index contributed by atoms with van der Waals surface area (Å²) in [5.74, 6) is 0.501. The SMILES string of the molecule is CCS(=O)C1=C/C=C(/CC(=O)Nc2nc(-c3ccccc3)c(Cc3ccccc3)s2)CC/C=C\1. The minimum atomic E-state index is -1.01. The third kappa shape index (κ3) is 6.49. The van der Waals surface area contributed by atoms with Crippen molar-refractivity contribution in [1.29, 1.82) is 0 Å².